The standard InChI is InChI=1S/C38H74N2O6/c1-4-6-8-10-12-14-16-17-18-19-20-21-23-25-27-29-34(43)40(30-28-26-24-22-15-13-11-9-7-5-2)38-35(39-32(3)42)37(45)36(44)33(31-41)46-38/h33,35-38,41,44-45H,4-31H2,1-3H3,(H,39,42)/t33-,35-,36-,37-,38-/m1/s1. The van der Waals surface area contributed by atoms with Crippen LogP contribution in [-0.2, 0) is 14.3 Å². The number of aliphatic hydroxyl groups is 3. The Morgan fingerprint density at radius 3 is 1.39 bits per heavy atom. The molecule has 0 aliphatic carbocycles. The Kier molecular flexibility index (Phi) is 26.8. The molecule has 1 heterocycles. The number of hydrogen-bond acceptors (Lipinski definition) is 6. The maximum atomic E-state index is 13.6. The molecule has 8 nitrogen and oxygen atoms in total. The molecule has 0 unspecified atom stereocenters. The molecule has 0 saturated carbocycles. The van der Waals surface area contributed by atoms with E-state index in [0.29, 0.717) is 13.0 Å². The molecule has 2 amide bonds. The molecular formula is C38H74N2O6. The number of nitrogens with one attached hydrogen (secondary N) is 1. The molecule has 1 rings (SSSR count). The Bertz CT molecular complexity index is 738. The van der Waals surface area contributed by atoms with Crippen LogP contribution in [0.5, 0.6) is 0 Å². The number of ether oxygens (including phenoxy) is 1. The normalized spacial score (nSPS) is 21.4. The Balaban J connectivity index is 2.51. The zero-order valence-electron chi connectivity index (χ0n) is 30.2. The predicted molar refractivity (Wildman–Crippen MR) is 188 cm³/mol. The monoisotopic (exact) mass is 655 g/mol. The van der Waals surface area contributed by atoms with Gasteiger partial charge in [-0.3, -0.25) is 9.59 Å². The lowest BCUT2D eigenvalue weighted by molar-refractivity contribution is -0.231. The quantitative estimate of drug-likeness (QED) is 0.0584. The summed E-state index contributed by atoms with van der Waals surface area (Å²) in [7, 11) is 0. The summed E-state index contributed by atoms with van der Waals surface area (Å²) in [5, 5.41) is 33.9. The third-order valence-corrected chi connectivity index (χ3v) is 9.64. The predicted octanol–water partition coefficient (Wildman–Crippen LogP) is 7.94. The molecule has 46 heavy (non-hydrogen) atoms. The third-order valence-electron chi connectivity index (χ3n) is 9.64. The zero-order valence-corrected chi connectivity index (χ0v) is 30.2. The van der Waals surface area contributed by atoms with E-state index < -0.39 is 37.2 Å². The maximum Gasteiger partial charge on any atom is 0.224 e. The number of carbonyl (C=O) groups is 2. The lowest BCUT2D eigenvalue weighted by Gasteiger charge is -2.46. The molecule has 4 N–H and O–H groups in total. The van der Waals surface area contributed by atoms with Crippen molar-refractivity contribution in [1.82, 2.24) is 10.2 Å². The van der Waals surface area contributed by atoms with Crippen LogP contribution in [0.2, 0.25) is 0 Å². The van der Waals surface area contributed by atoms with Gasteiger partial charge in [0.05, 0.1) is 6.61 Å². The van der Waals surface area contributed by atoms with Gasteiger partial charge >= 0.3 is 0 Å². The van der Waals surface area contributed by atoms with Gasteiger partial charge in [-0.05, 0) is 12.8 Å². The Morgan fingerprint density at radius 1 is 0.609 bits per heavy atom. The lowest BCUT2D eigenvalue weighted by atomic mass is 9.94. The van der Waals surface area contributed by atoms with Gasteiger partial charge in [0.25, 0.3) is 0 Å². The van der Waals surface area contributed by atoms with E-state index in [2.05, 4.69) is 19.2 Å². The first kappa shape index (κ1) is 42.8. The highest BCUT2D eigenvalue weighted by atomic mass is 16.5. The smallest absolute Gasteiger partial charge is 0.224 e. The van der Waals surface area contributed by atoms with Gasteiger partial charge < -0.3 is 30.3 Å². The van der Waals surface area contributed by atoms with E-state index in [1.165, 1.54) is 129 Å². The summed E-state index contributed by atoms with van der Waals surface area (Å²) in [5.41, 5.74) is 0. The van der Waals surface area contributed by atoms with Crippen LogP contribution >= 0.6 is 0 Å². The van der Waals surface area contributed by atoms with Crippen molar-refractivity contribution in [3.05, 3.63) is 0 Å². The van der Waals surface area contributed by atoms with Crippen LogP contribution < -0.4 is 5.32 Å². The second kappa shape index (κ2) is 28.8. The van der Waals surface area contributed by atoms with Crippen molar-refractivity contribution in [2.24, 2.45) is 0 Å². The fourth-order valence-corrected chi connectivity index (χ4v) is 6.71. The van der Waals surface area contributed by atoms with Crippen molar-refractivity contribution < 1.29 is 29.6 Å². The summed E-state index contributed by atoms with van der Waals surface area (Å²) >= 11 is 0. The molecule has 0 bridgehead atoms. The number of unbranched alkanes of at least 4 members (excludes halogenated alkanes) is 23. The highest BCUT2D eigenvalue weighted by molar-refractivity contribution is 5.77. The average molecular weight is 655 g/mol. The third kappa shape index (κ3) is 19.6. The summed E-state index contributed by atoms with van der Waals surface area (Å²) in [5.74, 6) is -0.438. The Morgan fingerprint density at radius 2 is 1.00 bits per heavy atom. The number of carbonyl (C=O) groups excluding carboxylic acids is 2. The fourth-order valence-electron chi connectivity index (χ4n) is 6.71. The van der Waals surface area contributed by atoms with Crippen molar-refractivity contribution in [1.29, 1.82) is 0 Å². The van der Waals surface area contributed by atoms with Crippen LogP contribution in [0.3, 0.4) is 0 Å². The van der Waals surface area contributed by atoms with E-state index in [0.717, 1.165) is 38.5 Å². The van der Waals surface area contributed by atoms with Crippen molar-refractivity contribution >= 4 is 11.8 Å². The Hall–Kier alpha value is -1.22. The summed E-state index contributed by atoms with van der Waals surface area (Å²) in [4.78, 5) is 27.3. The number of aliphatic hydroxyl groups excluding tert-OH is 3. The summed E-state index contributed by atoms with van der Waals surface area (Å²) < 4.78 is 6.02. The van der Waals surface area contributed by atoms with Crippen LogP contribution in [0.15, 0.2) is 0 Å². The van der Waals surface area contributed by atoms with E-state index in [9.17, 15) is 24.9 Å². The minimum absolute atomic E-state index is 0.0637. The van der Waals surface area contributed by atoms with Crippen LogP contribution in [0.1, 0.15) is 188 Å². The number of nitrogens with zero attached hydrogens (tertiary/aromatic N) is 1. The zero-order chi connectivity index (χ0) is 33.8. The molecule has 1 saturated heterocycles. The molecule has 0 aromatic heterocycles. The van der Waals surface area contributed by atoms with Crippen molar-refractivity contribution in [2.45, 2.75) is 218 Å². The maximum absolute atomic E-state index is 13.6. The highest BCUT2D eigenvalue weighted by Gasteiger charge is 2.47. The van der Waals surface area contributed by atoms with E-state index in [1.807, 2.05) is 0 Å². The van der Waals surface area contributed by atoms with E-state index in [1.54, 1.807) is 4.90 Å². The molecule has 0 aromatic carbocycles. The van der Waals surface area contributed by atoms with Gasteiger partial charge in [-0.25, -0.2) is 0 Å². The van der Waals surface area contributed by atoms with Gasteiger partial charge in [-0.2, -0.15) is 0 Å². The topological polar surface area (TPSA) is 119 Å². The van der Waals surface area contributed by atoms with Gasteiger partial charge in [0.15, 0.2) is 6.23 Å². The molecule has 0 radical (unpaired) electrons. The molecule has 0 aromatic rings. The van der Waals surface area contributed by atoms with Gasteiger partial charge in [0, 0.05) is 19.9 Å². The van der Waals surface area contributed by atoms with E-state index in [-0.39, 0.29) is 11.8 Å². The van der Waals surface area contributed by atoms with Crippen molar-refractivity contribution in [3.8, 4) is 0 Å². The molecule has 272 valence electrons. The minimum Gasteiger partial charge on any atom is -0.394 e. The highest BCUT2D eigenvalue weighted by Crippen LogP contribution is 2.26. The second-order valence-electron chi connectivity index (χ2n) is 13.9. The molecule has 0 spiro atoms. The molecule has 5 atom stereocenters. The van der Waals surface area contributed by atoms with Crippen LogP contribution in [-0.4, -0.2) is 75.8 Å². The minimum atomic E-state index is -1.36. The SMILES string of the molecule is CCCCCCCCCCCCCCCCCC(=O)N(CCCCCCCCCCCC)[C@@H]1O[C@H](CO)[C@@H](O)[C@H](O)[C@H]1NC(C)=O. The van der Waals surface area contributed by atoms with Crippen LogP contribution in [0.4, 0.5) is 0 Å². The van der Waals surface area contributed by atoms with Gasteiger partial charge in [0.1, 0.15) is 24.4 Å². The van der Waals surface area contributed by atoms with E-state index in [4.69, 9.17) is 4.74 Å². The molecule has 1 fully saturated rings. The van der Waals surface area contributed by atoms with Crippen LogP contribution in [0.25, 0.3) is 0 Å². The largest absolute Gasteiger partial charge is 0.394 e. The first-order chi connectivity index (χ1) is 22.4. The van der Waals surface area contributed by atoms with Gasteiger partial charge in [-0.1, -0.05) is 162 Å². The number of rotatable bonds is 30. The summed E-state index contributed by atoms with van der Waals surface area (Å²) in [6.07, 6.45) is 26.4. The first-order valence-electron chi connectivity index (χ1n) is 19.6. The van der Waals surface area contributed by atoms with Crippen LogP contribution in [0, 0.1) is 0 Å². The van der Waals surface area contributed by atoms with Crippen molar-refractivity contribution in [3.63, 3.8) is 0 Å². The molecule has 1 aliphatic heterocycles. The number of hydrogen-bond donors (Lipinski definition) is 4. The number of amides is 2. The average Bonchev–Trinajstić information content (AvgIpc) is 3.04. The fraction of sp³-hybridized carbons (Fsp3) is 0.947. The summed E-state index contributed by atoms with van der Waals surface area (Å²) in [6, 6.07) is -0.969. The first-order valence-corrected chi connectivity index (χ1v) is 19.6. The Labute approximate surface area is 282 Å². The second-order valence-corrected chi connectivity index (χ2v) is 13.9. The lowest BCUT2D eigenvalue weighted by Crippen LogP contribution is -2.68. The molecule has 8 heteroatoms. The van der Waals surface area contributed by atoms with Gasteiger partial charge in [-0.15, -0.1) is 0 Å². The van der Waals surface area contributed by atoms with Crippen molar-refractivity contribution in [2.75, 3.05) is 13.2 Å². The molecule has 1 aliphatic rings. The van der Waals surface area contributed by atoms with Gasteiger partial charge in [0.2, 0.25) is 11.8 Å². The van der Waals surface area contributed by atoms with E-state index >= 15 is 0 Å². The molecular weight excluding hydrogens is 580 g/mol. The summed E-state index contributed by atoms with van der Waals surface area (Å²) in [6.45, 7) is 5.81.